The van der Waals surface area contributed by atoms with Gasteiger partial charge in [0.05, 0.1) is 0 Å². The molecule has 1 N–H and O–H groups in total. The van der Waals surface area contributed by atoms with E-state index in [9.17, 15) is 0 Å². The molecule has 0 aromatic heterocycles. The molecule has 2 atom stereocenters. The second-order valence-electron chi connectivity index (χ2n) is 5.37. The molecule has 94 valence electrons. The van der Waals surface area contributed by atoms with Crippen molar-refractivity contribution in [1.82, 2.24) is 5.32 Å². The fraction of sp³-hybridized carbons (Fsp3) is 0.625. The Hall–Kier alpha value is -0.820. The maximum Gasteiger partial charge on any atom is 0.0210 e. The zero-order valence-corrected chi connectivity index (χ0v) is 11.2. The average Bonchev–Trinajstić information content (AvgIpc) is 2.38. The van der Waals surface area contributed by atoms with Crippen LogP contribution in [0.5, 0.6) is 0 Å². The first-order chi connectivity index (χ1) is 8.31. The normalized spacial score (nSPS) is 24.8. The Morgan fingerprint density at radius 2 is 1.82 bits per heavy atom. The van der Waals surface area contributed by atoms with Gasteiger partial charge in [0.25, 0.3) is 0 Å². The van der Waals surface area contributed by atoms with E-state index in [4.69, 9.17) is 0 Å². The van der Waals surface area contributed by atoms with Gasteiger partial charge in [-0.25, -0.2) is 0 Å². The summed E-state index contributed by atoms with van der Waals surface area (Å²) in [6, 6.07) is 9.54. The third-order valence-electron chi connectivity index (χ3n) is 4.17. The Morgan fingerprint density at radius 1 is 1.12 bits per heavy atom. The molecule has 0 amide bonds. The van der Waals surface area contributed by atoms with E-state index in [-0.39, 0.29) is 0 Å². The van der Waals surface area contributed by atoms with Crippen molar-refractivity contribution in [2.45, 2.75) is 58.5 Å². The third kappa shape index (κ3) is 3.32. The predicted octanol–water partition coefficient (Wildman–Crippen LogP) is 3.92. The number of nitrogens with one attached hydrogen (secondary N) is 1. The van der Waals surface area contributed by atoms with Crippen LogP contribution in [0, 0.1) is 5.92 Å². The number of hydrogen-bond acceptors (Lipinski definition) is 1. The van der Waals surface area contributed by atoms with Crippen molar-refractivity contribution in [1.29, 1.82) is 0 Å². The van der Waals surface area contributed by atoms with Crippen molar-refractivity contribution in [2.24, 2.45) is 5.92 Å². The lowest BCUT2D eigenvalue weighted by Gasteiger charge is -2.30. The van der Waals surface area contributed by atoms with E-state index in [1.165, 1.54) is 36.8 Å². The van der Waals surface area contributed by atoms with Crippen LogP contribution < -0.4 is 5.32 Å². The van der Waals surface area contributed by atoms with Crippen molar-refractivity contribution in [2.75, 3.05) is 0 Å². The molecule has 2 unspecified atom stereocenters. The van der Waals surface area contributed by atoms with E-state index in [2.05, 4.69) is 43.4 Å². The van der Waals surface area contributed by atoms with Crippen molar-refractivity contribution in [3.05, 3.63) is 35.4 Å². The van der Waals surface area contributed by atoms with Crippen LogP contribution in [0.15, 0.2) is 24.3 Å². The summed E-state index contributed by atoms with van der Waals surface area (Å²) in [7, 11) is 0. The van der Waals surface area contributed by atoms with Crippen LogP contribution in [-0.2, 0) is 13.0 Å². The van der Waals surface area contributed by atoms with Gasteiger partial charge in [0.2, 0.25) is 0 Å². The molecule has 0 radical (unpaired) electrons. The van der Waals surface area contributed by atoms with Crippen LogP contribution in [0.2, 0.25) is 0 Å². The SMILES string of the molecule is CCc1ccccc1CNC1CCCCC1C. The van der Waals surface area contributed by atoms with Gasteiger partial charge in [-0.05, 0) is 36.3 Å². The molecule has 1 fully saturated rings. The first-order valence-electron chi connectivity index (χ1n) is 7.11. The second kappa shape index (κ2) is 6.20. The Balaban J connectivity index is 1.92. The highest BCUT2D eigenvalue weighted by molar-refractivity contribution is 5.26. The average molecular weight is 231 g/mol. The van der Waals surface area contributed by atoms with Crippen molar-refractivity contribution in [3.63, 3.8) is 0 Å². The largest absolute Gasteiger partial charge is 0.310 e. The third-order valence-corrected chi connectivity index (χ3v) is 4.17. The molecule has 0 heterocycles. The number of benzene rings is 1. The summed E-state index contributed by atoms with van der Waals surface area (Å²) in [6.45, 7) is 5.67. The standard InChI is InChI=1S/C16H25N/c1-3-14-9-5-6-10-15(14)12-17-16-11-7-4-8-13(16)2/h5-6,9-10,13,16-17H,3-4,7-8,11-12H2,1-2H3. The molecular formula is C16H25N. The Kier molecular flexibility index (Phi) is 4.61. The molecule has 0 aliphatic heterocycles. The molecule has 0 spiro atoms. The molecule has 1 saturated carbocycles. The first-order valence-corrected chi connectivity index (χ1v) is 7.11. The first kappa shape index (κ1) is 12.6. The lowest BCUT2D eigenvalue weighted by Crippen LogP contribution is -2.36. The lowest BCUT2D eigenvalue weighted by molar-refractivity contribution is 0.279. The van der Waals surface area contributed by atoms with Crippen LogP contribution in [-0.4, -0.2) is 6.04 Å². The van der Waals surface area contributed by atoms with Crippen LogP contribution >= 0.6 is 0 Å². The Bertz CT molecular complexity index is 345. The predicted molar refractivity (Wildman–Crippen MR) is 74.1 cm³/mol. The van der Waals surface area contributed by atoms with Crippen molar-refractivity contribution >= 4 is 0 Å². The van der Waals surface area contributed by atoms with Crippen LogP contribution in [0.4, 0.5) is 0 Å². The quantitative estimate of drug-likeness (QED) is 0.828. The van der Waals surface area contributed by atoms with Gasteiger partial charge < -0.3 is 5.32 Å². The minimum absolute atomic E-state index is 0.730. The molecule has 0 bridgehead atoms. The lowest BCUT2D eigenvalue weighted by atomic mass is 9.86. The maximum absolute atomic E-state index is 3.76. The van der Waals surface area contributed by atoms with E-state index in [0.29, 0.717) is 0 Å². The highest BCUT2D eigenvalue weighted by atomic mass is 14.9. The molecule has 1 aromatic carbocycles. The Morgan fingerprint density at radius 3 is 2.53 bits per heavy atom. The minimum atomic E-state index is 0.730. The summed E-state index contributed by atoms with van der Waals surface area (Å²) in [5.41, 5.74) is 2.97. The molecule has 1 heteroatoms. The summed E-state index contributed by atoms with van der Waals surface area (Å²) in [6.07, 6.45) is 6.71. The van der Waals surface area contributed by atoms with Crippen LogP contribution in [0.1, 0.15) is 50.7 Å². The Labute approximate surface area is 106 Å². The van der Waals surface area contributed by atoms with Gasteiger partial charge >= 0.3 is 0 Å². The molecule has 2 rings (SSSR count). The second-order valence-corrected chi connectivity index (χ2v) is 5.37. The molecule has 1 aromatic rings. The number of aryl methyl sites for hydroxylation is 1. The number of rotatable bonds is 4. The van der Waals surface area contributed by atoms with Gasteiger partial charge in [0, 0.05) is 12.6 Å². The molecule has 1 aliphatic carbocycles. The summed E-state index contributed by atoms with van der Waals surface area (Å²) < 4.78 is 0. The maximum atomic E-state index is 3.76. The summed E-state index contributed by atoms with van der Waals surface area (Å²) in [5, 5.41) is 3.76. The highest BCUT2D eigenvalue weighted by Gasteiger charge is 2.20. The van der Waals surface area contributed by atoms with Crippen molar-refractivity contribution < 1.29 is 0 Å². The van der Waals surface area contributed by atoms with Gasteiger partial charge in [0.15, 0.2) is 0 Å². The van der Waals surface area contributed by atoms with Gasteiger partial charge in [-0.2, -0.15) is 0 Å². The van der Waals surface area contributed by atoms with Crippen LogP contribution in [0.25, 0.3) is 0 Å². The highest BCUT2D eigenvalue weighted by Crippen LogP contribution is 2.24. The van der Waals surface area contributed by atoms with E-state index in [1.54, 1.807) is 0 Å². The molecule has 0 saturated heterocycles. The molecule has 1 nitrogen and oxygen atoms in total. The van der Waals surface area contributed by atoms with Gasteiger partial charge in [0.1, 0.15) is 0 Å². The number of hydrogen-bond donors (Lipinski definition) is 1. The molecular weight excluding hydrogens is 206 g/mol. The van der Waals surface area contributed by atoms with Gasteiger partial charge in [-0.15, -0.1) is 0 Å². The fourth-order valence-corrected chi connectivity index (χ4v) is 2.94. The monoisotopic (exact) mass is 231 g/mol. The summed E-state index contributed by atoms with van der Waals surface area (Å²) >= 11 is 0. The van der Waals surface area contributed by atoms with E-state index < -0.39 is 0 Å². The van der Waals surface area contributed by atoms with E-state index in [1.807, 2.05) is 0 Å². The zero-order chi connectivity index (χ0) is 12.1. The topological polar surface area (TPSA) is 12.0 Å². The van der Waals surface area contributed by atoms with Gasteiger partial charge in [-0.3, -0.25) is 0 Å². The van der Waals surface area contributed by atoms with Crippen LogP contribution in [0.3, 0.4) is 0 Å². The van der Waals surface area contributed by atoms with E-state index >= 15 is 0 Å². The van der Waals surface area contributed by atoms with Crippen molar-refractivity contribution in [3.8, 4) is 0 Å². The molecule has 17 heavy (non-hydrogen) atoms. The zero-order valence-electron chi connectivity index (χ0n) is 11.2. The minimum Gasteiger partial charge on any atom is -0.310 e. The summed E-state index contributed by atoms with van der Waals surface area (Å²) in [5.74, 6) is 0.845. The summed E-state index contributed by atoms with van der Waals surface area (Å²) in [4.78, 5) is 0. The fourth-order valence-electron chi connectivity index (χ4n) is 2.94. The van der Waals surface area contributed by atoms with E-state index in [0.717, 1.165) is 24.9 Å². The van der Waals surface area contributed by atoms with Gasteiger partial charge in [-0.1, -0.05) is 51.0 Å². The smallest absolute Gasteiger partial charge is 0.0210 e. The molecule has 1 aliphatic rings.